The van der Waals surface area contributed by atoms with Gasteiger partial charge in [-0.15, -0.1) is 0 Å². The normalized spacial score (nSPS) is 12.2. The van der Waals surface area contributed by atoms with E-state index >= 15 is 0 Å². The fourth-order valence-electron chi connectivity index (χ4n) is 1.34. The quantitative estimate of drug-likeness (QED) is 0.804. The zero-order valence-electron chi connectivity index (χ0n) is 9.53. The number of nitrogens with zero attached hydrogens (tertiary/aromatic N) is 1. The highest BCUT2D eigenvalue weighted by Crippen LogP contribution is 1.98. The first kappa shape index (κ1) is 11.7. The van der Waals surface area contributed by atoms with E-state index in [9.17, 15) is 4.79 Å². The maximum Gasteiger partial charge on any atom is 0.238 e. The highest BCUT2D eigenvalue weighted by Gasteiger charge is 2.13. The van der Waals surface area contributed by atoms with Gasteiger partial charge in [0.2, 0.25) is 5.91 Å². The van der Waals surface area contributed by atoms with Crippen molar-refractivity contribution in [2.24, 2.45) is 0 Å². The van der Waals surface area contributed by atoms with E-state index in [0.717, 1.165) is 6.54 Å². The van der Waals surface area contributed by atoms with E-state index in [0.29, 0.717) is 0 Å². The molecule has 0 aromatic heterocycles. The van der Waals surface area contributed by atoms with Gasteiger partial charge in [-0.2, -0.15) is 0 Å². The molecule has 0 aliphatic rings. The molecule has 0 aliphatic carbocycles. The first-order chi connectivity index (χ1) is 7.11. The first-order valence-corrected chi connectivity index (χ1v) is 5.09. The molecule has 1 unspecified atom stereocenters. The van der Waals surface area contributed by atoms with Crippen LogP contribution >= 0.6 is 0 Å². The lowest BCUT2D eigenvalue weighted by molar-refractivity contribution is -0.130. The van der Waals surface area contributed by atoms with Crippen LogP contribution in [0.5, 0.6) is 0 Å². The number of amides is 1. The van der Waals surface area contributed by atoms with Gasteiger partial charge in [-0.05, 0) is 12.5 Å². The van der Waals surface area contributed by atoms with Gasteiger partial charge in [0.1, 0.15) is 0 Å². The smallest absolute Gasteiger partial charge is 0.238 e. The van der Waals surface area contributed by atoms with Gasteiger partial charge in [-0.3, -0.25) is 4.79 Å². The summed E-state index contributed by atoms with van der Waals surface area (Å²) in [4.78, 5) is 13.1. The number of carbonyl (C=O) groups is 1. The van der Waals surface area contributed by atoms with E-state index in [1.165, 1.54) is 5.56 Å². The van der Waals surface area contributed by atoms with E-state index in [-0.39, 0.29) is 11.9 Å². The van der Waals surface area contributed by atoms with Crippen LogP contribution in [0.2, 0.25) is 0 Å². The molecule has 3 heteroatoms. The Kier molecular flexibility index (Phi) is 4.31. The zero-order valence-corrected chi connectivity index (χ0v) is 9.53. The molecule has 0 fully saturated rings. The number of hydrogen-bond acceptors (Lipinski definition) is 2. The van der Waals surface area contributed by atoms with Gasteiger partial charge < -0.3 is 10.2 Å². The van der Waals surface area contributed by atoms with Crippen molar-refractivity contribution in [2.75, 3.05) is 14.1 Å². The molecule has 0 saturated carbocycles. The van der Waals surface area contributed by atoms with Gasteiger partial charge in [-0.1, -0.05) is 30.3 Å². The highest BCUT2D eigenvalue weighted by atomic mass is 16.2. The van der Waals surface area contributed by atoms with Crippen molar-refractivity contribution in [1.82, 2.24) is 10.2 Å². The lowest BCUT2D eigenvalue weighted by atomic mass is 10.2. The number of rotatable bonds is 4. The Morgan fingerprint density at radius 3 is 2.47 bits per heavy atom. The second-order valence-corrected chi connectivity index (χ2v) is 3.82. The van der Waals surface area contributed by atoms with Gasteiger partial charge in [0, 0.05) is 20.6 Å². The number of benzene rings is 1. The molecule has 1 rings (SSSR count). The lowest BCUT2D eigenvalue weighted by Crippen LogP contribution is -2.41. The molecule has 0 heterocycles. The van der Waals surface area contributed by atoms with Gasteiger partial charge >= 0.3 is 0 Å². The van der Waals surface area contributed by atoms with Crippen molar-refractivity contribution in [3.63, 3.8) is 0 Å². The average molecular weight is 206 g/mol. The maximum absolute atomic E-state index is 11.5. The van der Waals surface area contributed by atoms with E-state index < -0.39 is 0 Å². The Bertz CT molecular complexity index is 309. The Labute approximate surface area is 91.1 Å². The molecule has 82 valence electrons. The van der Waals surface area contributed by atoms with Crippen LogP contribution in [0.1, 0.15) is 12.5 Å². The molecule has 15 heavy (non-hydrogen) atoms. The lowest BCUT2D eigenvalue weighted by Gasteiger charge is -2.17. The minimum atomic E-state index is -0.139. The van der Waals surface area contributed by atoms with Crippen molar-refractivity contribution >= 4 is 5.91 Å². The molecule has 0 bridgehead atoms. The first-order valence-electron chi connectivity index (χ1n) is 5.09. The van der Waals surface area contributed by atoms with Crippen LogP contribution in [0.25, 0.3) is 0 Å². The molecule has 1 aromatic carbocycles. The van der Waals surface area contributed by atoms with Crippen LogP contribution in [-0.4, -0.2) is 30.9 Å². The Morgan fingerprint density at radius 2 is 1.93 bits per heavy atom. The second-order valence-electron chi connectivity index (χ2n) is 3.82. The molecule has 1 aromatic rings. The summed E-state index contributed by atoms with van der Waals surface area (Å²) in [6.45, 7) is 2.60. The topological polar surface area (TPSA) is 32.3 Å². The van der Waals surface area contributed by atoms with Crippen molar-refractivity contribution in [2.45, 2.75) is 19.5 Å². The summed E-state index contributed by atoms with van der Waals surface area (Å²) in [5, 5.41) is 3.19. The van der Waals surface area contributed by atoms with Gasteiger partial charge in [0.25, 0.3) is 0 Å². The van der Waals surface area contributed by atoms with Crippen LogP contribution in [0.15, 0.2) is 30.3 Å². The molecule has 3 nitrogen and oxygen atoms in total. The molecular weight excluding hydrogens is 188 g/mol. The fourth-order valence-corrected chi connectivity index (χ4v) is 1.34. The molecule has 0 spiro atoms. The van der Waals surface area contributed by atoms with Crippen LogP contribution < -0.4 is 5.32 Å². The highest BCUT2D eigenvalue weighted by molar-refractivity contribution is 5.80. The summed E-state index contributed by atoms with van der Waals surface area (Å²) in [5.41, 5.74) is 1.19. The summed E-state index contributed by atoms with van der Waals surface area (Å²) >= 11 is 0. The molecule has 1 amide bonds. The van der Waals surface area contributed by atoms with Crippen molar-refractivity contribution < 1.29 is 4.79 Å². The third-order valence-electron chi connectivity index (χ3n) is 2.27. The molecule has 0 saturated heterocycles. The fraction of sp³-hybridized carbons (Fsp3) is 0.417. The summed E-state index contributed by atoms with van der Waals surface area (Å²) in [6, 6.07) is 9.92. The molecule has 1 atom stereocenters. The van der Waals surface area contributed by atoms with Crippen LogP contribution in [-0.2, 0) is 11.3 Å². The zero-order chi connectivity index (χ0) is 11.3. The van der Waals surface area contributed by atoms with Crippen LogP contribution in [0.4, 0.5) is 0 Å². The SMILES string of the molecule is CC(NCc1ccccc1)C(=O)N(C)C. The van der Waals surface area contributed by atoms with Crippen molar-refractivity contribution in [1.29, 1.82) is 0 Å². The van der Waals surface area contributed by atoms with Gasteiger partial charge in [0.15, 0.2) is 0 Å². The molecule has 0 aliphatic heterocycles. The van der Waals surface area contributed by atoms with E-state index in [4.69, 9.17) is 0 Å². The largest absolute Gasteiger partial charge is 0.347 e. The molecule has 1 N–H and O–H groups in total. The van der Waals surface area contributed by atoms with E-state index in [1.54, 1.807) is 19.0 Å². The van der Waals surface area contributed by atoms with Gasteiger partial charge in [-0.25, -0.2) is 0 Å². The Balaban J connectivity index is 2.41. The third kappa shape index (κ3) is 3.72. The van der Waals surface area contributed by atoms with E-state index in [1.807, 2.05) is 37.3 Å². The molecular formula is C12H18N2O. The summed E-state index contributed by atoms with van der Waals surface area (Å²) in [5.74, 6) is 0.103. The maximum atomic E-state index is 11.5. The number of nitrogens with one attached hydrogen (secondary N) is 1. The molecule has 0 radical (unpaired) electrons. The Morgan fingerprint density at radius 1 is 1.33 bits per heavy atom. The average Bonchev–Trinajstić information content (AvgIpc) is 2.26. The standard InChI is InChI=1S/C12H18N2O/c1-10(12(15)14(2)3)13-9-11-7-5-4-6-8-11/h4-8,10,13H,9H2,1-3H3. The minimum absolute atomic E-state index is 0.103. The predicted octanol–water partition coefficient (Wildman–Crippen LogP) is 1.25. The third-order valence-corrected chi connectivity index (χ3v) is 2.27. The van der Waals surface area contributed by atoms with Crippen LogP contribution in [0.3, 0.4) is 0 Å². The number of hydrogen-bond donors (Lipinski definition) is 1. The van der Waals surface area contributed by atoms with Crippen LogP contribution in [0, 0.1) is 0 Å². The number of carbonyl (C=O) groups excluding carboxylic acids is 1. The summed E-state index contributed by atoms with van der Waals surface area (Å²) < 4.78 is 0. The van der Waals surface area contributed by atoms with Crippen molar-refractivity contribution in [3.8, 4) is 0 Å². The van der Waals surface area contributed by atoms with Crippen molar-refractivity contribution in [3.05, 3.63) is 35.9 Å². The minimum Gasteiger partial charge on any atom is -0.347 e. The monoisotopic (exact) mass is 206 g/mol. The Hall–Kier alpha value is -1.35. The second kappa shape index (κ2) is 5.51. The number of likely N-dealkylation sites (N-methyl/N-ethyl adjacent to an activating group) is 1. The predicted molar refractivity (Wildman–Crippen MR) is 61.4 cm³/mol. The summed E-state index contributed by atoms with van der Waals surface area (Å²) in [6.07, 6.45) is 0. The van der Waals surface area contributed by atoms with Gasteiger partial charge in [0.05, 0.1) is 6.04 Å². The summed E-state index contributed by atoms with van der Waals surface area (Å²) in [7, 11) is 3.53. The van der Waals surface area contributed by atoms with E-state index in [2.05, 4.69) is 5.32 Å².